The average Bonchev–Trinajstić information content (AvgIpc) is 2.56. The van der Waals surface area contributed by atoms with Crippen LogP contribution >= 0.6 is 24.0 Å². The first-order valence-electron chi connectivity index (χ1n) is 7.85. The Kier molecular flexibility index (Phi) is 8.42. The van der Waals surface area contributed by atoms with Gasteiger partial charge in [-0.15, -0.1) is 12.4 Å². The number of guanidine groups is 1. The smallest absolute Gasteiger partial charge is 0.243 e. The highest BCUT2D eigenvalue weighted by molar-refractivity contribution is 7.89. The highest BCUT2D eigenvalue weighted by atomic mass is 35.5. The monoisotopic (exact) mass is 433 g/mol. The van der Waals surface area contributed by atoms with E-state index in [0.29, 0.717) is 23.9 Å². The molecule has 0 spiro atoms. The third kappa shape index (κ3) is 6.31. The van der Waals surface area contributed by atoms with E-state index in [-0.39, 0.29) is 29.7 Å². The first kappa shape index (κ1) is 23.1. The Balaban J connectivity index is 0.00000364. The van der Waals surface area contributed by atoms with Gasteiger partial charge in [0.1, 0.15) is 4.90 Å². The number of aromatic nitrogens is 1. The minimum Gasteiger partial charge on any atom is -0.370 e. The number of nitrogens with one attached hydrogen (secondary N) is 3. The van der Waals surface area contributed by atoms with Gasteiger partial charge in [0.05, 0.1) is 11.6 Å². The van der Waals surface area contributed by atoms with Gasteiger partial charge in [-0.3, -0.25) is 15.2 Å². The van der Waals surface area contributed by atoms with E-state index in [0.717, 1.165) is 5.56 Å². The Hall–Kier alpha value is -1.94. The quantitative estimate of drug-likeness (QED) is 0.216. The molecule has 0 aliphatic heterocycles. The zero-order valence-corrected chi connectivity index (χ0v) is 16.9. The van der Waals surface area contributed by atoms with Crippen LogP contribution in [-0.2, 0) is 14.8 Å². The SMILES string of the molecule is Cc1cnc2c(S(=O)(=O)NC(CCCNC(=N)N)C(=O)Cl)cccc2c1.Cl. The van der Waals surface area contributed by atoms with Crippen molar-refractivity contribution in [2.45, 2.75) is 30.7 Å². The van der Waals surface area contributed by atoms with Gasteiger partial charge in [-0.05, 0) is 49.1 Å². The third-order valence-electron chi connectivity index (χ3n) is 3.66. The summed E-state index contributed by atoms with van der Waals surface area (Å²) in [6.45, 7) is 2.19. The van der Waals surface area contributed by atoms with Gasteiger partial charge < -0.3 is 11.1 Å². The average molecular weight is 434 g/mol. The molecule has 1 aromatic heterocycles. The van der Waals surface area contributed by atoms with Crippen molar-refractivity contribution in [2.75, 3.05) is 6.54 Å². The molecule has 0 saturated heterocycles. The summed E-state index contributed by atoms with van der Waals surface area (Å²) in [6, 6.07) is 5.56. The molecule has 11 heteroatoms. The van der Waals surface area contributed by atoms with Crippen LogP contribution in [-0.4, -0.2) is 37.2 Å². The van der Waals surface area contributed by atoms with Crippen LogP contribution in [0.5, 0.6) is 0 Å². The zero-order valence-electron chi connectivity index (χ0n) is 14.5. The number of sulfonamides is 1. The molecule has 0 saturated carbocycles. The molecule has 1 unspecified atom stereocenters. The van der Waals surface area contributed by atoms with Gasteiger partial charge in [0, 0.05) is 18.1 Å². The van der Waals surface area contributed by atoms with Crippen LogP contribution in [0.15, 0.2) is 35.4 Å². The lowest BCUT2D eigenvalue weighted by Crippen LogP contribution is -2.40. The molecule has 0 bridgehead atoms. The van der Waals surface area contributed by atoms with Crippen LogP contribution in [0, 0.1) is 12.3 Å². The van der Waals surface area contributed by atoms with Crippen LogP contribution in [0.4, 0.5) is 0 Å². The Morgan fingerprint density at radius 2 is 2.11 bits per heavy atom. The van der Waals surface area contributed by atoms with E-state index < -0.39 is 21.3 Å². The highest BCUT2D eigenvalue weighted by Crippen LogP contribution is 2.22. The van der Waals surface area contributed by atoms with Gasteiger partial charge in [-0.2, -0.15) is 4.72 Å². The molecule has 0 amide bonds. The number of aryl methyl sites for hydroxylation is 1. The molecule has 0 fully saturated rings. The van der Waals surface area contributed by atoms with Crippen molar-refractivity contribution >= 4 is 56.1 Å². The van der Waals surface area contributed by atoms with Crippen molar-refractivity contribution in [3.05, 3.63) is 36.0 Å². The number of benzene rings is 1. The number of para-hydroxylation sites is 1. The Labute approximate surface area is 168 Å². The first-order valence-corrected chi connectivity index (χ1v) is 9.72. The summed E-state index contributed by atoms with van der Waals surface area (Å²) in [5.41, 5.74) is 6.40. The number of hydrogen-bond acceptors (Lipinski definition) is 5. The maximum Gasteiger partial charge on any atom is 0.243 e. The number of nitrogens with zero attached hydrogens (tertiary/aromatic N) is 1. The predicted octanol–water partition coefficient (Wildman–Crippen LogP) is 1.64. The second kappa shape index (κ2) is 9.84. The van der Waals surface area contributed by atoms with Crippen LogP contribution < -0.4 is 15.8 Å². The zero-order chi connectivity index (χ0) is 19.3. The number of hydrogen-bond donors (Lipinski definition) is 4. The Bertz CT molecular complexity index is 937. The van der Waals surface area contributed by atoms with Crippen molar-refractivity contribution in [2.24, 2.45) is 5.73 Å². The topological polar surface area (TPSA) is 138 Å². The van der Waals surface area contributed by atoms with Gasteiger partial charge in [0.2, 0.25) is 15.3 Å². The fraction of sp³-hybridized carbons (Fsp3) is 0.312. The van der Waals surface area contributed by atoms with E-state index in [1.165, 1.54) is 6.07 Å². The second-order valence-corrected chi connectivity index (χ2v) is 7.86. The summed E-state index contributed by atoms with van der Waals surface area (Å²) < 4.78 is 27.9. The molecule has 1 atom stereocenters. The molecule has 0 aliphatic carbocycles. The molecule has 8 nitrogen and oxygen atoms in total. The number of nitrogens with two attached hydrogens (primary N) is 1. The Morgan fingerprint density at radius 3 is 2.74 bits per heavy atom. The van der Waals surface area contributed by atoms with Crippen molar-refractivity contribution in [3.8, 4) is 0 Å². The minimum atomic E-state index is -4.00. The van der Waals surface area contributed by atoms with E-state index in [2.05, 4.69) is 15.0 Å². The van der Waals surface area contributed by atoms with E-state index in [4.69, 9.17) is 22.7 Å². The second-order valence-electron chi connectivity index (χ2n) is 5.80. The van der Waals surface area contributed by atoms with Gasteiger partial charge in [-0.25, -0.2) is 8.42 Å². The number of fused-ring (bicyclic) bond motifs is 1. The molecule has 1 heterocycles. The molecule has 1 aromatic carbocycles. The maximum atomic E-state index is 12.8. The molecule has 148 valence electrons. The summed E-state index contributed by atoms with van der Waals surface area (Å²) >= 11 is 5.55. The normalized spacial score (nSPS) is 12.2. The highest BCUT2D eigenvalue weighted by Gasteiger charge is 2.26. The van der Waals surface area contributed by atoms with Crippen LogP contribution in [0.3, 0.4) is 0 Å². The molecular weight excluding hydrogens is 413 g/mol. The predicted molar refractivity (Wildman–Crippen MR) is 108 cm³/mol. The number of carbonyl (C=O) groups excluding carboxylic acids is 1. The molecule has 2 rings (SSSR count). The van der Waals surface area contributed by atoms with Crippen LogP contribution in [0.25, 0.3) is 10.9 Å². The molecule has 27 heavy (non-hydrogen) atoms. The van der Waals surface area contributed by atoms with Crippen molar-refractivity contribution in [1.29, 1.82) is 5.41 Å². The molecular formula is C16H21Cl2N5O3S. The fourth-order valence-electron chi connectivity index (χ4n) is 2.46. The summed E-state index contributed by atoms with van der Waals surface area (Å²) in [5.74, 6) is -0.198. The lowest BCUT2D eigenvalue weighted by atomic mass is 10.2. The molecule has 5 N–H and O–H groups in total. The fourth-order valence-corrected chi connectivity index (χ4v) is 4.10. The first-order chi connectivity index (χ1) is 12.2. The molecule has 2 aromatic rings. The van der Waals surface area contributed by atoms with Gasteiger partial charge in [-0.1, -0.05) is 12.1 Å². The van der Waals surface area contributed by atoms with E-state index in [1.54, 1.807) is 18.3 Å². The largest absolute Gasteiger partial charge is 0.370 e. The summed E-state index contributed by atoms with van der Waals surface area (Å²) in [7, 11) is -4.00. The number of halogens is 2. The van der Waals surface area contributed by atoms with Crippen molar-refractivity contribution in [3.63, 3.8) is 0 Å². The van der Waals surface area contributed by atoms with E-state index >= 15 is 0 Å². The standard InChI is InChI=1S/C16H20ClN5O3S.ClH/c1-10-8-11-4-2-6-13(14(11)21-9-10)26(24,25)22-12(15(17)23)5-3-7-20-16(18)19;/h2,4,6,8-9,12,22H,3,5,7H2,1H3,(H4,18,19,20);1H. The molecule has 0 radical (unpaired) electrons. The van der Waals surface area contributed by atoms with Gasteiger partial charge >= 0.3 is 0 Å². The Morgan fingerprint density at radius 1 is 1.41 bits per heavy atom. The van der Waals surface area contributed by atoms with Gasteiger partial charge in [0.25, 0.3) is 0 Å². The number of rotatable bonds is 8. The number of pyridine rings is 1. The summed E-state index contributed by atoms with van der Waals surface area (Å²) in [6.07, 6.45) is 2.15. The van der Waals surface area contributed by atoms with E-state index in [9.17, 15) is 13.2 Å². The van der Waals surface area contributed by atoms with Crippen molar-refractivity contribution in [1.82, 2.24) is 15.0 Å². The van der Waals surface area contributed by atoms with E-state index in [1.807, 2.05) is 13.0 Å². The summed E-state index contributed by atoms with van der Waals surface area (Å²) in [4.78, 5) is 15.8. The lowest BCUT2D eigenvalue weighted by Gasteiger charge is -2.16. The van der Waals surface area contributed by atoms with Crippen LogP contribution in [0.1, 0.15) is 18.4 Å². The maximum absolute atomic E-state index is 12.8. The van der Waals surface area contributed by atoms with Crippen molar-refractivity contribution < 1.29 is 13.2 Å². The van der Waals surface area contributed by atoms with Crippen LogP contribution in [0.2, 0.25) is 0 Å². The molecule has 0 aliphatic rings. The summed E-state index contributed by atoms with van der Waals surface area (Å²) in [5, 5.41) is 9.53. The van der Waals surface area contributed by atoms with Gasteiger partial charge in [0.15, 0.2) is 5.96 Å². The lowest BCUT2D eigenvalue weighted by molar-refractivity contribution is -0.113. The third-order valence-corrected chi connectivity index (χ3v) is 5.42. The minimum absolute atomic E-state index is 0. The number of carbonyl (C=O) groups is 1.